The smallest absolute Gasteiger partial charge is 0.00489 e. The Kier molecular flexibility index (Phi) is 11.3. The predicted octanol–water partition coefficient (Wildman–Crippen LogP) is 11.2. The van der Waals surface area contributed by atoms with Crippen LogP contribution in [-0.4, -0.2) is 13.1 Å². The second kappa shape index (κ2) is 14.0. The van der Waals surface area contributed by atoms with E-state index in [9.17, 15) is 0 Å². The van der Waals surface area contributed by atoms with Crippen LogP contribution in [0.5, 0.6) is 0 Å². The van der Waals surface area contributed by atoms with Crippen LogP contribution in [0.4, 0.5) is 0 Å². The number of nitrogens with two attached hydrogens (primary N) is 2. The van der Waals surface area contributed by atoms with Crippen molar-refractivity contribution in [2.24, 2.45) is 111 Å². The Labute approximate surface area is 282 Å². The third-order valence-corrected chi connectivity index (χ3v) is 17.2. The Hall–Kier alpha value is -0.0800. The monoisotopic (exact) mass is 625 g/mol. The minimum atomic E-state index is 0.466. The van der Waals surface area contributed by atoms with E-state index >= 15 is 0 Å². The van der Waals surface area contributed by atoms with Gasteiger partial charge < -0.3 is 11.5 Å². The molecule has 15 atom stereocenters. The third-order valence-electron chi connectivity index (χ3n) is 17.2. The zero-order chi connectivity index (χ0) is 32.9. The lowest BCUT2D eigenvalue weighted by Crippen LogP contribution is -2.60. The lowest BCUT2D eigenvalue weighted by atomic mass is 9.38. The lowest BCUT2D eigenvalue weighted by Gasteiger charge is -2.66. The molecule has 2 heteroatoms. The van der Waals surface area contributed by atoms with Crippen LogP contribution in [-0.2, 0) is 0 Å². The largest absolute Gasteiger partial charge is 0.330 e. The third kappa shape index (κ3) is 6.16. The number of fused-ring (bicyclic) bond motifs is 3. The van der Waals surface area contributed by atoms with Gasteiger partial charge in [0.05, 0.1) is 0 Å². The highest BCUT2D eigenvalue weighted by Crippen LogP contribution is 2.85. The highest BCUT2D eigenvalue weighted by atomic mass is 14.8. The predicted molar refractivity (Wildman–Crippen MR) is 196 cm³/mol. The molecule has 0 amide bonds. The van der Waals surface area contributed by atoms with Gasteiger partial charge in [0.2, 0.25) is 0 Å². The number of hydrogen-bond donors (Lipinski definition) is 2. The van der Waals surface area contributed by atoms with E-state index < -0.39 is 0 Å². The van der Waals surface area contributed by atoms with E-state index in [2.05, 4.69) is 69.2 Å². The van der Waals surface area contributed by atoms with Crippen LogP contribution in [0.1, 0.15) is 159 Å². The minimum absolute atomic E-state index is 0.466. The van der Waals surface area contributed by atoms with Gasteiger partial charge in [-0.1, -0.05) is 94.9 Å². The van der Waals surface area contributed by atoms with E-state index in [0.29, 0.717) is 22.2 Å². The maximum atomic E-state index is 6.54. The van der Waals surface area contributed by atoms with Gasteiger partial charge in [-0.15, -0.1) is 0 Å². The van der Waals surface area contributed by atoms with Gasteiger partial charge in [0.25, 0.3) is 0 Å². The van der Waals surface area contributed by atoms with E-state index in [-0.39, 0.29) is 0 Å². The van der Waals surface area contributed by atoms with Gasteiger partial charge in [-0.3, -0.25) is 0 Å². The fraction of sp³-hybridized carbons (Fsp3) is 1.00. The highest BCUT2D eigenvalue weighted by molar-refractivity contribution is 5.26. The summed E-state index contributed by atoms with van der Waals surface area (Å²) in [6.45, 7) is 27.9. The molecule has 0 aliphatic heterocycles. The van der Waals surface area contributed by atoms with Crippen molar-refractivity contribution < 1.29 is 0 Å². The van der Waals surface area contributed by atoms with Crippen molar-refractivity contribution in [3.8, 4) is 0 Å². The van der Waals surface area contributed by atoms with Gasteiger partial charge in [-0.05, 0) is 176 Å². The molecule has 0 aromatic heterocycles. The summed E-state index contributed by atoms with van der Waals surface area (Å²) in [7, 11) is 0. The van der Waals surface area contributed by atoms with E-state index in [4.69, 9.17) is 11.5 Å². The van der Waals surface area contributed by atoms with Crippen LogP contribution in [0.15, 0.2) is 0 Å². The summed E-state index contributed by atoms with van der Waals surface area (Å²) in [6, 6.07) is 0. The Morgan fingerprint density at radius 1 is 0.689 bits per heavy atom. The molecule has 262 valence electrons. The molecule has 0 aromatic rings. The summed E-state index contributed by atoms with van der Waals surface area (Å²) >= 11 is 0. The van der Waals surface area contributed by atoms with Crippen molar-refractivity contribution in [3.05, 3.63) is 0 Å². The summed E-state index contributed by atoms with van der Waals surface area (Å²) in [5, 5.41) is 0. The van der Waals surface area contributed by atoms with Gasteiger partial charge in [-0.2, -0.15) is 0 Å². The van der Waals surface area contributed by atoms with Crippen molar-refractivity contribution >= 4 is 0 Å². The molecule has 4 bridgehead atoms. The van der Waals surface area contributed by atoms with Crippen LogP contribution >= 0.6 is 0 Å². The first-order valence-electron chi connectivity index (χ1n) is 20.7. The molecule has 14 unspecified atom stereocenters. The quantitative estimate of drug-likeness (QED) is 0.254. The van der Waals surface area contributed by atoms with Gasteiger partial charge in [0.15, 0.2) is 0 Å². The Balaban J connectivity index is 1.71. The first-order chi connectivity index (χ1) is 21.3. The Morgan fingerprint density at radius 3 is 2.02 bits per heavy atom. The molecule has 0 radical (unpaired) electrons. The summed E-state index contributed by atoms with van der Waals surface area (Å²) in [4.78, 5) is 0. The normalized spacial score (nSPS) is 47.5. The van der Waals surface area contributed by atoms with E-state index in [1.54, 1.807) is 12.8 Å². The van der Waals surface area contributed by atoms with Gasteiger partial charge in [0.1, 0.15) is 0 Å². The van der Waals surface area contributed by atoms with Crippen molar-refractivity contribution in [2.45, 2.75) is 159 Å². The van der Waals surface area contributed by atoms with Crippen LogP contribution in [0.2, 0.25) is 0 Å². The van der Waals surface area contributed by atoms with Crippen molar-refractivity contribution in [1.82, 2.24) is 0 Å². The first-order valence-corrected chi connectivity index (χ1v) is 20.7. The maximum Gasteiger partial charge on any atom is -0.00489 e. The van der Waals surface area contributed by atoms with Gasteiger partial charge >= 0.3 is 0 Å². The van der Waals surface area contributed by atoms with Crippen LogP contribution in [0, 0.1) is 99.1 Å². The fourth-order valence-corrected chi connectivity index (χ4v) is 14.7. The second-order valence-corrected chi connectivity index (χ2v) is 19.8. The number of rotatable bonds is 10. The number of hydrogen-bond acceptors (Lipinski definition) is 2. The summed E-state index contributed by atoms with van der Waals surface area (Å²) in [5.41, 5.74) is 14.6. The van der Waals surface area contributed by atoms with E-state index in [0.717, 1.165) is 90.0 Å². The SMILES string of the molecule is CCCC1CC(C(C)CN)CCC(CCN)C2CC3(C)CC4C5CC(C1C(C)C(C)C)C43CC5C(C)(C)C[C@H](CC)CC2CC. The van der Waals surface area contributed by atoms with Gasteiger partial charge in [0, 0.05) is 0 Å². The van der Waals surface area contributed by atoms with E-state index in [1.165, 1.54) is 77.0 Å². The Bertz CT molecular complexity index is 955. The summed E-state index contributed by atoms with van der Waals surface area (Å²) in [5.74, 6) is 11.9. The summed E-state index contributed by atoms with van der Waals surface area (Å²) < 4.78 is 0. The van der Waals surface area contributed by atoms with Gasteiger partial charge in [-0.25, -0.2) is 0 Å². The molecule has 5 aliphatic rings. The zero-order valence-corrected chi connectivity index (χ0v) is 32.1. The highest BCUT2D eigenvalue weighted by Gasteiger charge is 2.78. The van der Waals surface area contributed by atoms with Crippen LogP contribution in [0.25, 0.3) is 0 Å². The van der Waals surface area contributed by atoms with Crippen LogP contribution in [0.3, 0.4) is 0 Å². The molecule has 0 aromatic carbocycles. The fourth-order valence-electron chi connectivity index (χ4n) is 14.7. The van der Waals surface area contributed by atoms with Crippen molar-refractivity contribution in [3.63, 3.8) is 0 Å². The molecule has 4 N–H and O–H groups in total. The molecule has 5 saturated carbocycles. The minimum Gasteiger partial charge on any atom is -0.330 e. The molecule has 45 heavy (non-hydrogen) atoms. The molecule has 5 aliphatic carbocycles. The molecule has 0 saturated heterocycles. The van der Waals surface area contributed by atoms with Crippen molar-refractivity contribution in [2.75, 3.05) is 13.1 Å². The topological polar surface area (TPSA) is 52.0 Å². The molecule has 2 nitrogen and oxygen atoms in total. The molecular weight excluding hydrogens is 544 g/mol. The molecule has 5 rings (SSSR count). The lowest BCUT2D eigenvalue weighted by molar-refractivity contribution is -0.179. The van der Waals surface area contributed by atoms with Crippen molar-refractivity contribution in [1.29, 1.82) is 0 Å². The molecular formula is C43H80N2. The zero-order valence-electron chi connectivity index (χ0n) is 32.1. The second-order valence-electron chi connectivity index (χ2n) is 19.8. The summed E-state index contributed by atoms with van der Waals surface area (Å²) in [6.07, 6.45) is 20.0. The molecule has 5 fully saturated rings. The maximum absolute atomic E-state index is 6.54. The molecule has 1 spiro atoms. The molecule has 0 heterocycles. The standard InChI is InChI=1S/C43H80N2/c1-11-14-34-20-33(28(6)26-45)16-15-32(17-18-44)36-23-42(10)24-39-35-21-37(40(34)29(7)27(4)5)43(39,42)25-38(35)41(8,9)22-30(12-2)19-31(36)13-3/h27-40H,11-26,44-45H2,1-10H3/t28?,29?,30-,31?,32?,33?,34?,35?,36?,37?,38?,39?,40?,42?,43?/m1/s1. The van der Waals surface area contributed by atoms with Crippen LogP contribution < -0.4 is 11.5 Å². The average Bonchev–Trinajstić information content (AvgIpc) is 3.42. The Morgan fingerprint density at radius 2 is 1.42 bits per heavy atom. The average molecular weight is 625 g/mol. The van der Waals surface area contributed by atoms with E-state index in [1.807, 2.05) is 0 Å². The first kappa shape index (κ1) is 36.2.